The second kappa shape index (κ2) is 10.4. The van der Waals surface area contributed by atoms with Crippen LogP contribution < -0.4 is 0 Å². The van der Waals surface area contributed by atoms with Gasteiger partial charge in [-0.1, -0.05) is 59.3 Å². The second-order valence-corrected chi connectivity index (χ2v) is 5.82. The molecule has 0 saturated heterocycles. The van der Waals surface area contributed by atoms with Crippen LogP contribution >= 0.6 is 0 Å². The van der Waals surface area contributed by atoms with Gasteiger partial charge in [0, 0.05) is 6.92 Å². The summed E-state index contributed by atoms with van der Waals surface area (Å²) >= 11 is 0. The summed E-state index contributed by atoms with van der Waals surface area (Å²) in [5, 5.41) is 0. The van der Waals surface area contributed by atoms with Crippen LogP contribution in [0, 0.1) is 11.8 Å². The van der Waals surface area contributed by atoms with E-state index < -0.39 is 0 Å². The van der Waals surface area contributed by atoms with Crippen molar-refractivity contribution in [2.24, 2.45) is 11.8 Å². The molecule has 0 amide bonds. The standard InChI is InChI=1S/C16H32O2/c1-6-7-8-10-13(2)11-9-12-14(3)15(4)18-16(5)17/h13-15H,6-12H2,1-5H3. The van der Waals surface area contributed by atoms with E-state index in [1.54, 1.807) is 0 Å². The SMILES string of the molecule is CCCCCC(C)CCCC(C)C(C)OC(C)=O. The molecular formula is C16H32O2. The summed E-state index contributed by atoms with van der Waals surface area (Å²) in [6.45, 7) is 10.3. The Kier molecular flexibility index (Phi) is 10.1. The number of carbonyl (C=O) groups is 1. The molecule has 0 aromatic carbocycles. The molecule has 3 unspecified atom stereocenters. The molecule has 0 aromatic heterocycles. The van der Waals surface area contributed by atoms with E-state index >= 15 is 0 Å². The summed E-state index contributed by atoms with van der Waals surface area (Å²) < 4.78 is 5.21. The number of hydrogen-bond donors (Lipinski definition) is 0. The van der Waals surface area contributed by atoms with Gasteiger partial charge in [0.15, 0.2) is 0 Å². The van der Waals surface area contributed by atoms with Crippen molar-refractivity contribution in [2.45, 2.75) is 85.7 Å². The lowest BCUT2D eigenvalue weighted by atomic mass is 9.93. The molecule has 0 aliphatic rings. The molecule has 0 rings (SSSR count). The highest BCUT2D eigenvalue weighted by Crippen LogP contribution is 2.20. The van der Waals surface area contributed by atoms with Crippen molar-refractivity contribution in [1.82, 2.24) is 0 Å². The maximum absolute atomic E-state index is 10.9. The lowest BCUT2D eigenvalue weighted by Crippen LogP contribution is -2.20. The Balaban J connectivity index is 3.60. The molecular weight excluding hydrogens is 224 g/mol. The third kappa shape index (κ3) is 9.49. The molecule has 0 aromatic rings. The van der Waals surface area contributed by atoms with Crippen LogP contribution in [0.1, 0.15) is 79.6 Å². The maximum Gasteiger partial charge on any atom is 0.302 e. The van der Waals surface area contributed by atoms with E-state index in [0.717, 1.165) is 12.3 Å². The fourth-order valence-corrected chi connectivity index (χ4v) is 2.29. The second-order valence-electron chi connectivity index (χ2n) is 5.82. The van der Waals surface area contributed by atoms with E-state index in [1.165, 1.54) is 45.4 Å². The fourth-order valence-electron chi connectivity index (χ4n) is 2.29. The summed E-state index contributed by atoms with van der Waals surface area (Å²) in [5.41, 5.74) is 0. The minimum Gasteiger partial charge on any atom is -0.463 e. The highest BCUT2D eigenvalue weighted by molar-refractivity contribution is 5.66. The van der Waals surface area contributed by atoms with Crippen LogP contribution in [-0.4, -0.2) is 12.1 Å². The lowest BCUT2D eigenvalue weighted by Gasteiger charge is -2.20. The first-order valence-corrected chi connectivity index (χ1v) is 7.64. The van der Waals surface area contributed by atoms with Crippen molar-refractivity contribution in [3.63, 3.8) is 0 Å². The van der Waals surface area contributed by atoms with Gasteiger partial charge in [0.05, 0.1) is 0 Å². The minimum atomic E-state index is -0.165. The monoisotopic (exact) mass is 256 g/mol. The average Bonchev–Trinajstić information content (AvgIpc) is 2.28. The molecule has 0 N–H and O–H groups in total. The number of carbonyl (C=O) groups excluding carboxylic acids is 1. The van der Waals surface area contributed by atoms with Gasteiger partial charge < -0.3 is 4.74 Å². The molecule has 0 heterocycles. The van der Waals surface area contributed by atoms with Crippen LogP contribution in [-0.2, 0) is 9.53 Å². The van der Waals surface area contributed by atoms with Gasteiger partial charge >= 0.3 is 5.97 Å². The smallest absolute Gasteiger partial charge is 0.302 e. The Morgan fingerprint density at radius 1 is 1.00 bits per heavy atom. The quantitative estimate of drug-likeness (QED) is 0.408. The molecule has 0 saturated carbocycles. The zero-order chi connectivity index (χ0) is 14.0. The van der Waals surface area contributed by atoms with Crippen LogP contribution in [0.5, 0.6) is 0 Å². The molecule has 0 aliphatic carbocycles. The third-order valence-electron chi connectivity index (χ3n) is 3.81. The van der Waals surface area contributed by atoms with Crippen LogP contribution in [0.15, 0.2) is 0 Å². The maximum atomic E-state index is 10.9. The van der Waals surface area contributed by atoms with Crippen molar-refractivity contribution < 1.29 is 9.53 Å². The van der Waals surface area contributed by atoms with Gasteiger partial charge in [0.25, 0.3) is 0 Å². The third-order valence-corrected chi connectivity index (χ3v) is 3.81. The molecule has 3 atom stereocenters. The number of ether oxygens (including phenoxy) is 1. The Bertz CT molecular complexity index is 213. The largest absolute Gasteiger partial charge is 0.463 e. The highest BCUT2D eigenvalue weighted by Gasteiger charge is 2.14. The topological polar surface area (TPSA) is 26.3 Å². The van der Waals surface area contributed by atoms with E-state index in [-0.39, 0.29) is 12.1 Å². The Labute approximate surface area is 113 Å². The van der Waals surface area contributed by atoms with Gasteiger partial charge in [-0.15, -0.1) is 0 Å². The van der Waals surface area contributed by atoms with Gasteiger partial charge in [0.1, 0.15) is 6.10 Å². The molecule has 2 heteroatoms. The molecule has 0 bridgehead atoms. The van der Waals surface area contributed by atoms with Crippen molar-refractivity contribution in [2.75, 3.05) is 0 Å². The molecule has 0 spiro atoms. The van der Waals surface area contributed by atoms with Crippen molar-refractivity contribution in [1.29, 1.82) is 0 Å². The minimum absolute atomic E-state index is 0.0536. The Morgan fingerprint density at radius 3 is 2.17 bits per heavy atom. The predicted octanol–water partition coefficient (Wildman–Crippen LogP) is 4.96. The number of unbranched alkanes of at least 4 members (excludes halogenated alkanes) is 2. The van der Waals surface area contributed by atoms with Gasteiger partial charge in [-0.05, 0) is 25.2 Å². The Morgan fingerprint density at radius 2 is 1.61 bits per heavy atom. The Hall–Kier alpha value is -0.530. The molecule has 0 aliphatic heterocycles. The number of rotatable bonds is 10. The zero-order valence-electron chi connectivity index (χ0n) is 13.0. The van der Waals surface area contributed by atoms with Crippen LogP contribution in [0.4, 0.5) is 0 Å². The molecule has 2 nitrogen and oxygen atoms in total. The highest BCUT2D eigenvalue weighted by atomic mass is 16.5. The van der Waals surface area contributed by atoms with E-state index in [9.17, 15) is 4.79 Å². The summed E-state index contributed by atoms with van der Waals surface area (Å²) in [6, 6.07) is 0. The first kappa shape index (κ1) is 17.5. The normalized spacial score (nSPS) is 16.1. The molecule has 0 fully saturated rings. The van der Waals surface area contributed by atoms with Crippen LogP contribution in [0.3, 0.4) is 0 Å². The number of esters is 1. The van der Waals surface area contributed by atoms with Gasteiger partial charge in [-0.3, -0.25) is 4.79 Å². The fraction of sp³-hybridized carbons (Fsp3) is 0.938. The van der Waals surface area contributed by atoms with E-state index in [4.69, 9.17) is 4.74 Å². The summed E-state index contributed by atoms with van der Waals surface area (Å²) in [6.07, 6.45) is 9.18. The summed E-state index contributed by atoms with van der Waals surface area (Å²) in [7, 11) is 0. The van der Waals surface area contributed by atoms with Crippen LogP contribution in [0.2, 0.25) is 0 Å². The molecule has 108 valence electrons. The first-order valence-electron chi connectivity index (χ1n) is 7.64. The average molecular weight is 256 g/mol. The van der Waals surface area contributed by atoms with Crippen LogP contribution in [0.25, 0.3) is 0 Å². The van der Waals surface area contributed by atoms with Gasteiger partial charge in [0.2, 0.25) is 0 Å². The molecule has 0 radical (unpaired) electrons. The lowest BCUT2D eigenvalue weighted by molar-refractivity contribution is -0.147. The zero-order valence-corrected chi connectivity index (χ0v) is 13.0. The van der Waals surface area contributed by atoms with Gasteiger partial charge in [-0.2, -0.15) is 0 Å². The summed E-state index contributed by atoms with van der Waals surface area (Å²) in [4.78, 5) is 10.9. The van der Waals surface area contributed by atoms with E-state index in [0.29, 0.717) is 5.92 Å². The summed E-state index contributed by atoms with van der Waals surface area (Å²) in [5.74, 6) is 1.15. The molecule has 18 heavy (non-hydrogen) atoms. The van der Waals surface area contributed by atoms with Gasteiger partial charge in [-0.25, -0.2) is 0 Å². The van der Waals surface area contributed by atoms with Crippen molar-refractivity contribution >= 4 is 5.97 Å². The van der Waals surface area contributed by atoms with E-state index in [2.05, 4.69) is 20.8 Å². The van der Waals surface area contributed by atoms with Crippen molar-refractivity contribution in [3.8, 4) is 0 Å². The van der Waals surface area contributed by atoms with E-state index in [1.807, 2.05) is 6.92 Å². The predicted molar refractivity (Wildman–Crippen MR) is 77.5 cm³/mol. The number of hydrogen-bond acceptors (Lipinski definition) is 2. The first-order chi connectivity index (χ1) is 8.47. The van der Waals surface area contributed by atoms with Crippen molar-refractivity contribution in [3.05, 3.63) is 0 Å².